The van der Waals surface area contributed by atoms with E-state index in [2.05, 4.69) is 41.1 Å². The van der Waals surface area contributed by atoms with Crippen molar-refractivity contribution in [2.24, 2.45) is 0 Å². The highest BCUT2D eigenvalue weighted by Crippen LogP contribution is 2.20. The number of methoxy groups -OCH3 is 1. The van der Waals surface area contributed by atoms with E-state index in [1.807, 2.05) is 24.3 Å². The van der Waals surface area contributed by atoms with Crippen LogP contribution in [-0.4, -0.2) is 29.1 Å². The summed E-state index contributed by atoms with van der Waals surface area (Å²) in [4.78, 5) is 17.2. The number of unbranched alkanes of at least 4 members (excludes halogenated alkanes) is 10. The third-order valence-electron chi connectivity index (χ3n) is 7.14. The lowest BCUT2D eigenvalue weighted by Gasteiger charge is -2.10. The molecule has 1 aromatic heterocycles. The van der Waals surface area contributed by atoms with Crippen molar-refractivity contribution in [2.45, 2.75) is 103 Å². The number of carbonyl (C=O) groups excluding carboxylic acids is 1. The van der Waals surface area contributed by atoms with Crippen LogP contribution in [0.1, 0.15) is 95.4 Å². The number of fused-ring (bicyclic) bond motifs is 1. The largest absolute Gasteiger partial charge is 0.497 e. The third-order valence-corrected chi connectivity index (χ3v) is 7.14. The molecule has 5 heteroatoms. The smallest absolute Gasteiger partial charge is 0.224 e. The molecule has 0 aliphatic carbocycles. The number of nitrogens with one attached hydrogen (secondary N) is 1. The average molecular weight is 506 g/mol. The monoisotopic (exact) mass is 505 g/mol. The average Bonchev–Trinajstić information content (AvgIpc) is 3.27. The fourth-order valence-corrected chi connectivity index (χ4v) is 4.95. The van der Waals surface area contributed by atoms with Gasteiger partial charge in [0, 0.05) is 19.5 Å². The van der Waals surface area contributed by atoms with Gasteiger partial charge in [-0.1, -0.05) is 89.0 Å². The van der Waals surface area contributed by atoms with Crippen LogP contribution in [0.3, 0.4) is 0 Å². The number of ether oxygens (including phenoxy) is 1. The van der Waals surface area contributed by atoms with Crippen molar-refractivity contribution in [1.82, 2.24) is 14.9 Å². The number of benzene rings is 2. The Kier molecular flexibility index (Phi) is 13.1. The van der Waals surface area contributed by atoms with E-state index in [0.29, 0.717) is 6.42 Å². The van der Waals surface area contributed by atoms with Crippen LogP contribution in [0.25, 0.3) is 11.0 Å². The maximum Gasteiger partial charge on any atom is 0.224 e. The van der Waals surface area contributed by atoms with E-state index < -0.39 is 0 Å². The van der Waals surface area contributed by atoms with Gasteiger partial charge in [-0.15, -0.1) is 0 Å². The standard InChI is InChI=1S/C32H47N3O2/c1-3-4-5-6-7-8-9-10-16-25-35-30-18-14-13-17-29(30)34-31(35)19-12-11-15-24-33-32(36)26-27-20-22-28(37-2)23-21-27/h13-14,17-18,20-23H,3-12,15-16,19,24-26H2,1-2H3,(H,33,36). The Balaban J connectivity index is 1.34. The van der Waals surface area contributed by atoms with E-state index in [4.69, 9.17) is 9.72 Å². The molecule has 0 unspecified atom stereocenters. The molecule has 0 saturated heterocycles. The zero-order valence-corrected chi connectivity index (χ0v) is 23.1. The molecular weight excluding hydrogens is 458 g/mol. The molecule has 1 heterocycles. The first kappa shape index (κ1) is 28.7. The second-order valence-electron chi connectivity index (χ2n) is 10.2. The normalized spacial score (nSPS) is 11.2. The van der Waals surface area contributed by atoms with Gasteiger partial charge in [0.15, 0.2) is 0 Å². The molecule has 5 nitrogen and oxygen atoms in total. The fourth-order valence-electron chi connectivity index (χ4n) is 4.95. The minimum atomic E-state index is 0.0768. The molecular formula is C32H47N3O2. The molecule has 3 rings (SSSR count). The van der Waals surface area contributed by atoms with Crippen LogP contribution in [-0.2, 0) is 24.2 Å². The molecule has 0 fully saturated rings. The number of aromatic nitrogens is 2. The Labute approximate surface area is 224 Å². The molecule has 0 saturated carbocycles. The highest BCUT2D eigenvalue weighted by Gasteiger charge is 2.10. The van der Waals surface area contributed by atoms with Crippen LogP contribution in [0.4, 0.5) is 0 Å². The zero-order chi connectivity index (χ0) is 26.1. The number of hydrogen-bond acceptors (Lipinski definition) is 3. The summed E-state index contributed by atoms with van der Waals surface area (Å²) in [6.07, 6.45) is 16.7. The van der Waals surface area contributed by atoms with E-state index in [1.54, 1.807) is 7.11 Å². The quantitative estimate of drug-likeness (QED) is 0.170. The highest BCUT2D eigenvalue weighted by molar-refractivity contribution is 5.78. The summed E-state index contributed by atoms with van der Waals surface area (Å²) in [7, 11) is 1.65. The number of amides is 1. The van der Waals surface area contributed by atoms with Gasteiger partial charge >= 0.3 is 0 Å². The number of nitrogens with zero attached hydrogens (tertiary/aromatic N) is 2. The van der Waals surface area contributed by atoms with Gasteiger partial charge < -0.3 is 14.6 Å². The first-order valence-electron chi connectivity index (χ1n) is 14.5. The summed E-state index contributed by atoms with van der Waals surface area (Å²) >= 11 is 0. The minimum absolute atomic E-state index is 0.0768. The van der Waals surface area contributed by atoms with Crippen molar-refractivity contribution < 1.29 is 9.53 Å². The lowest BCUT2D eigenvalue weighted by atomic mass is 10.1. The molecule has 0 bridgehead atoms. The molecule has 1 N–H and O–H groups in total. The summed E-state index contributed by atoms with van der Waals surface area (Å²) in [5.74, 6) is 2.10. The van der Waals surface area contributed by atoms with Gasteiger partial charge in [-0.2, -0.15) is 0 Å². The van der Waals surface area contributed by atoms with Gasteiger partial charge in [-0.05, 0) is 49.1 Å². The SMILES string of the molecule is CCCCCCCCCCCn1c(CCCCCNC(=O)Cc2ccc(OC)cc2)nc2ccccc21. The van der Waals surface area contributed by atoms with Gasteiger partial charge in [-0.25, -0.2) is 4.98 Å². The molecule has 1 amide bonds. The van der Waals surface area contributed by atoms with Gasteiger partial charge in [0.2, 0.25) is 5.91 Å². The first-order chi connectivity index (χ1) is 18.2. The topological polar surface area (TPSA) is 56.2 Å². The van der Waals surface area contributed by atoms with Crippen LogP contribution >= 0.6 is 0 Å². The summed E-state index contributed by atoms with van der Waals surface area (Å²) in [5, 5.41) is 3.06. The summed E-state index contributed by atoms with van der Waals surface area (Å²) in [6.45, 7) is 4.07. The van der Waals surface area contributed by atoms with Gasteiger partial charge in [0.05, 0.1) is 24.6 Å². The molecule has 202 valence electrons. The zero-order valence-electron chi connectivity index (χ0n) is 23.1. The number of hydrogen-bond donors (Lipinski definition) is 1. The van der Waals surface area contributed by atoms with Crippen LogP contribution < -0.4 is 10.1 Å². The highest BCUT2D eigenvalue weighted by atomic mass is 16.5. The second kappa shape index (κ2) is 16.8. The molecule has 0 radical (unpaired) electrons. The van der Waals surface area contributed by atoms with Crippen molar-refractivity contribution in [2.75, 3.05) is 13.7 Å². The number of rotatable bonds is 19. The minimum Gasteiger partial charge on any atom is -0.497 e. The van der Waals surface area contributed by atoms with Crippen LogP contribution in [0.15, 0.2) is 48.5 Å². The summed E-state index contributed by atoms with van der Waals surface area (Å²) < 4.78 is 7.62. The number of carbonyl (C=O) groups is 1. The van der Waals surface area contributed by atoms with Crippen LogP contribution in [0, 0.1) is 0 Å². The van der Waals surface area contributed by atoms with Crippen LogP contribution in [0.5, 0.6) is 5.75 Å². The van der Waals surface area contributed by atoms with Crippen molar-refractivity contribution in [3.05, 3.63) is 59.9 Å². The van der Waals surface area contributed by atoms with E-state index in [9.17, 15) is 4.79 Å². The maximum absolute atomic E-state index is 12.2. The van der Waals surface area contributed by atoms with Crippen molar-refractivity contribution in [1.29, 1.82) is 0 Å². The molecule has 0 aliphatic rings. The fraction of sp³-hybridized carbons (Fsp3) is 0.562. The second-order valence-corrected chi connectivity index (χ2v) is 10.2. The first-order valence-corrected chi connectivity index (χ1v) is 14.5. The van der Waals surface area contributed by atoms with E-state index in [1.165, 1.54) is 69.1 Å². The number of para-hydroxylation sites is 2. The molecule has 3 aromatic rings. The molecule has 37 heavy (non-hydrogen) atoms. The van der Waals surface area contributed by atoms with Crippen molar-refractivity contribution >= 4 is 16.9 Å². The van der Waals surface area contributed by atoms with Gasteiger partial charge in [-0.3, -0.25) is 4.79 Å². The Morgan fingerprint density at radius 2 is 1.51 bits per heavy atom. The van der Waals surface area contributed by atoms with Crippen molar-refractivity contribution in [3.63, 3.8) is 0 Å². The summed E-state index contributed by atoms with van der Waals surface area (Å²) in [5.41, 5.74) is 3.38. The van der Waals surface area contributed by atoms with Crippen LogP contribution in [0.2, 0.25) is 0 Å². The lowest BCUT2D eigenvalue weighted by molar-refractivity contribution is -0.120. The van der Waals surface area contributed by atoms with Crippen molar-refractivity contribution in [3.8, 4) is 5.75 Å². The van der Waals surface area contributed by atoms with E-state index >= 15 is 0 Å². The predicted octanol–water partition coefficient (Wildman–Crippen LogP) is 7.65. The number of aryl methyl sites for hydroxylation is 2. The lowest BCUT2D eigenvalue weighted by Crippen LogP contribution is -2.26. The Morgan fingerprint density at radius 1 is 0.838 bits per heavy atom. The van der Waals surface area contributed by atoms with Gasteiger partial charge in [0.25, 0.3) is 0 Å². The Bertz CT molecular complexity index is 1040. The van der Waals surface area contributed by atoms with Gasteiger partial charge in [0.1, 0.15) is 11.6 Å². The van der Waals surface area contributed by atoms with E-state index in [0.717, 1.165) is 55.6 Å². The summed E-state index contributed by atoms with van der Waals surface area (Å²) in [6, 6.07) is 16.2. The van der Waals surface area contributed by atoms with E-state index in [-0.39, 0.29) is 5.91 Å². The Hall–Kier alpha value is -2.82. The molecule has 2 aromatic carbocycles. The maximum atomic E-state index is 12.2. The molecule has 0 atom stereocenters. The third kappa shape index (κ3) is 10.2. The molecule has 0 aliphatic heterocycles. The number of imidazole rings is 1. The molecule has 0 spiro atoms. The predicted molar refractivity (Wildman–Crippen MR) is 154 cm³/mol. The Morgan fingerprint density at radius 3 is 2.24 bits per heavy atom.